The lowest BCUT2D eigenvalue weighted by molar-refractivity contribution is 0.334. The van der Waals surface area contributed by atoms with Gasteiger partial charge in [-0.05, 0) is 55.8 Å². The van der Waals surface area contributed by atoms with Crippen LogP contribution in [0, 0.1) is 17.7 Å². The molecule has 1 rings (SSSR count). The summed E-state index contributed by atoms with van der Waals surface area (Å²) >= 11 is 0. The molecule has 0 aliphatic rings. The molecule has 0 amide bonds. The van der Waals surface area contributed by atoms with E-state index in [0.717, 1.165) is 31.6 Å². The summed E-state index contributed by atoms with van der Waals surface area (Å²) in [6.45, 7) is 6.24. The molecule has 0 heterocycles. The fourth-order valence-corrected chi connectivity index (χ4v) is 2.46. The van der Waals surface area contributed by atoms with Crippen LogP contribution in [0.1, 0.15) is 33.1 Å². The van der Waals surface area contributed by atoms with Crippen LogP contribution in [0.5, 0.6) is 0 Å². The van der Waals surface area contributed by atoms with Gasteiger partial charge >= 0.3 is 0 Å². The third-order valence-electron chi connectivity index (χ3n) is 3.80. The van der Waals surface area contributed by atoms with Gasteiger partial charge in [-0.1, -0.05) is 19.9 Å². The molecule has 0 aromatic heterocycles. The molecule has 1 aromatic carbocycles. The van der Waals surface area contributed by atoms with Crippen molar-refractivity contribution in [2.24, 2.45) is 17.6 Å². The topological polar surface area (TPSA) is 29.3 Å². The van der Waals surface area contributed by atoms with Crippen LogP contribution in [0.15, 0.2) is 24.3 Å². The standard InChI is InChI=1S/C16H27FN2/c1-13(2)14(9-10-18)6-5-11-19(3)16-8-4-7-15(17)12-16/h4,7-8,12-14H,5-6,9-11,18H2,1-3H3. The maximum atomic E-state index is 13.1. The van der Waals surface area contributed by atoms with Crippen molar-refractivity contribution >= 4 is 5.69 Å². The van der Waals surface area contributed by atoms with Crippen molar-refractivity contribution in [3.8, 4) is 0 Å². The number of hydrogen-bond acceptors (Lipinski definition) is 2. The first-order chi connectivity index (χ1) is 9.04. The minimum Gasteiger partial charge on any atom is -0.375 e. The van der Waals surface area contributed by atoms with E-state index in [2.05, 4.69) is 18.7 Å². The number of anilines is 1. The van der Waals surface area contributed by atoms with Gasteiger partial charge < -0.3 is 10.6 Å². The lowest BCUT2D eigenvalue weighted by atomic mass is 9.88. The molecule has 2 nitrogen and oxygen atoms in total. The fourth-order valence-electron chi connectivity index (χ4n) is 2.46. The van der Waals surface area contributed by atoms with E-state index in [1.807, 2.05) is 13.1 Å². The maximum Gasteiger partial charge on any atom is 0.125 e. The minimum absolute atomic E-state index is 0.174. The Balaban J connectivity index is 2.39. The van der Waals surface area contributed by atoms with Crippen molar-refractivity contribution in [2.75, 3.05) is 25.0 Å². The Morgan fingerprint density at radius 1 is 1.26 bits per heavy atom. The van der Waals surface area contributed by atoms with E-state index in [0.29, 0.717) is 11.8 Å². The van der Waals surface area contributed by atoms with Crippen LogP contribution in [0.25, 0.3) is 0 Å². The smallest absolute Gasteiger partial charge is 0.125 e. The van der Waals surface area contributed by atoms with E-state index >= 15 is 0 Å². The number of hydrogen-bond donors (Lipinski definition) is 1. The van der Waals surface area contributed by atoms with Crippen molar-refractivity contribution in [2.45, 2.75) is 33.1 Å². The van der Waals surface area contributed by atoms with Gasteiger partial charge in [0.15, 0.2) is 0 Å². The molecule has 0 bridgehead atoms. The highest BCUT2D eigenvalue weighted by atomic mass is 19.1. The van der Waals surface area contributed by atoms with Crippen molar-refractivity contribution < 1.29 is 4.39 Å². The van der Waals surface area contributed by atoms with Gasteiger partial charge in [0.05, 0.1) is 0 Å². The molecular weight excluding hydrogens is 239 g/mol. The van der Waals surface area contributed by atoms with E-state index in [4.69, 9.17) is 5.73 Å². The Bertz CT molecular complexity index is 366. The fraction of sp³-hybridized carbons (Fsp3) is 0.625. The summed E-state index contributed by atoms with van der Waals surface area (Å²) < 4.78 is 13.1. The van der Waals surface area contributed by atoms with E-state index in [1.165, 1.54) is 12.5 Å². The molecule has 0 fully saturated rings. The summed E-state index contributed by atoms with van der Waals surface area (Å²) in [4.78, 5) is 2.11. The third-order valence-corrected chi connectivity index (χ3v) is 3.80. The minimum atomic E-state index is -0.174. The van der Waals surface area contributed by atoms with Crippen molar-refractivity contribution in [1.29, 1.82) is 0 Å². The van der Waals surface area contributed by atoms with Crippen LogP contribution >= 0.6 is 0 Å². The first-order valence-corrected chi connectivity index (χ1v) is 7.21. The molecular formula is C16H27FN2. The second kappa shape index (κ2) is 8.16. The van der Waals surface area contributed by atoms with Gasteiger partial charge in [0.2, 0.25) is 0 Å². The largest absolute Gasteiger partial charge is 0.375 e. The average molecular weight is 266 g/mol. The Morgan fingerprint density at radius 3 is 2.58 bits per heavy atom. The highest BCUT2D eigenvalue weighted by Gasteiger charge is 2.12. The molecule has 19 heavy (non-hydrogen) atoms. The summed E-state index contributed by atoms with van der Waals surface area (Å²) in [6.07, 6.45) is 3.41. The number of nitrogens with zero attached hydrogens (tertiary/aromatic N) is 1. The van der Waals surface area contributed by atoms with Crippen LogP contribution in [-0.4, -0.2) is 20.1 Å². The van der Waals surface area contributed by atoms with Gasteiger partial charge in [0.25, 0.3) is 0 Å². The monoisotopic (exact) mass is 266 g/mol. The number of benzene rings is 1. The summed E-state index contributed by atoms with van der Waals surface area (Å²) in [5, 5.41) is 0. The lowest BCUT2D eigenvalue weighted by Gasteiger charge is -2.23. The predicted octanol–water partition coefficient (Wildman–Crippen LogP) is 3.66. The third kappa shape index (κ3) is 5.60. The highest BCUT2D eigenvalue weighted by molar-refractivity contribution is 5.45. The molecule has 1 aromatic rings. The van der Waals surface area contributed by atoms with Gasteiger partial charge in [-0.2, -0.15) is 0 Å². The summed E-state index contributed by atoms with van der Waals surface area (Å²) in [5.41, 5.74) is 6.60. The maximum absolute atomic E-state index is 13.1. The molecule has 0 aliphatic heterocycles. The number of halogens is 1. The molecule has 0 saturated heterocycles. The zero-order chi connectivity index (χ0) is 14.3. The van der Waals surface area contributed by atoms with Gasteiger partial charge in [-0.25, -0.2) is 4.39 Å². The average Bonchev–Trinajstić information content (AvgIpc) is 2.37. The lowest BCUT2D eigenvalue weighted by Crippen LogP contribution is -2.21. The zero-order valence-electron chi connectivity index (χ0n) is 12.4. The van der Waals surface area contributed by atoms with Gasteiger partial charge in [0.1, 0.15) is 5.82 Å². The Morgan fingerprint density at radius 2 is 2.00 bits per heavy atom. The van der Waals surface area contributed by atoms with Crippen molar-refractivity contribution in [3.05, 3.63) is 30.1 Å². The Kier molecular flexibility index (Phi) is 6.85. The number of rotatable bonds is 8. The second-order valence-electron chi connectivity index (χ2n) is 5.63. The summed E-state index contributed by atoms with van der Waals surface area (Å²) in [5.74, 6) is 1.21. The molecule has 3 heteroatoms. The summed E-state index contributed by atoms with van der Waals surface area (Å²) in [7, 11) is 2.02. The van der Waals surface area contributed by atoms with Gasteiger partial charge in [-0.15, -0.1) is 0 Å². The van der Waals surface area contributed by atoms with Crippen molar-refractivity contribution in [3.63, 3.8) is 0 Å². The first kappa shape index (κ1) is 16.0. The Labute approximate surface area is 116 Å². The molecule has 1 unspecified atom stereocenters. The molecule has 0 radical (unpaired) electrons. The molecule has 1 atom stereocenters. The molecule has 108 valence electrons. The molecule has 2 N–H and O–H groups in total. The van der Waals surface area contributed by atoms with Crippen LogP contribution in [0.3, 0.4) is 0 Å². The van der Waals surface area contributed by atoms with Crippen LogP contribution in [-0.2, 0) is 0 Å². The van der Waals surface area contributed by atoms with Gasteiger partial charge in [-0.3, -0.25) is 0 Å². The normalized spacial score (nSPS) is 12.7. The van der Waals surface area contributed by atoms with Crippen LogP contribution < -0.4 is 10.6 Å². The zero-order valence-corrected chi connectivity index (χ0v) is 12.4. The Hall–Kier alpha value is -1.09. The van der Waals surface area contributed by atoms with E-state index < -0.39 is 0 Å². The molecule has 0 aliphatic carbocycles. The van der Waals surface area contributed by atoms with Crippen LogP contribution in [0.4, 0.5) is 10.1 Å². The van der Waals surface area contributed by atoms with Crippen molar-refractivity contribution in [1.82, 2.24) is 0 Å². The van der Waals surface area contributed by atoms with E-state index in [9.17, 15) is 4.39 Å². The van der Waals surface area contributed by atoms with Gasteiger partial charge in [0, 0.05) is 19.3 Å². The van der Waals surface area contributed by atoms with Crippen LogP contribution in [0.2, 0.25) is 0 Å². The number of nitrogens with two attached hydrogens (primary N) is 1. The van der Waals surface area contributed by atoms with E-state index in [-0.39, 0.29) is 5.82 Å². The quantitative estimate of drug-likeness (QED) is 0.778. The SMILES string of the molecule is CC(C)C(CCN)CCCN(C)c1cccc(F)c1. The first-order valence-electron chi connectivity index (χ1n) is 7.21. The molecule has 0 spiro atoms. The second-order valence-corrected chi connectivity index (χ2v) is 5.63. The predicted molar refractivity (Wildman–Crippen MR) is 80.9 cm³/mol. The highest BCUT2D eigenvalue weighted by Crippen LogP contribution is 2.21. The van der Waals surface area contributed by atoms with E-state index in [1.54, 1.807) is 12.1 Å². The molecule has 0 saturated carbocycles. The summed E-state index contributed by atoms with van der Waals surface area (Å²) in [6, 6.07) is 6.77.